The van der Waals surface area contributed by atoms with E-state index in [4.69, 9.17) is 5.11 Å². The minimum atomic E-state index is -4.42. The third kappa shape index (κ3) is 6.05. The second-order valence-corrected chi connectivity index (χ2v) is 7.73. The summed E-state index contributed by atoms with van der Waals surface area (Å²) in [5, 5.41) is 25.4. The van der Waals surface area contributed by atoms with E-state index in [9.17, 15) is 32.7 Å². The Morgan fingerprint density at radius 3 is 2.11 bits per heavy atom. The second-order valence-electron chi connectivity index (χ2n) is 7.73. The molecule has 0 atom stereocenters. The number of hydrogen-bond acceptors (Lipinski definition) is 5. The first-order valence-corrected chi connectivity index (χ1v) is 10.6. The molecule has 0 aliphatic rings. The van der Waals surface area contributed by atoms with Crippen LogP contribution in [0.5, 0.6) is 5.75 Å². The SMILES string of the molecule is CCCc1nn(Cc2ccc(-c3ccc(C(F)(F)F)cc3)cc2)c(=O)c(C(=O)NCC(=O)O)c1O. The number of nitrogens with zero attached hydrogens (tertiary/aromatic N) is 2. The standard InChI is InChI=1S/C24H22F3N3O5/c1-2-3-18-21(33)20(22(34)28-12-19(31)32)23(35)30(29-18)13-14-4-6-15(7-5-14)16-8-10-17(11-9-16)24(25,26)27/h4-11,33H,2-3,12-13H2,1H3,(H,28,34)(H,31,32). The van der Waals surface area contributed by atoms with Gasteiger partial charge < -0.3 is 15.5 Å². The summed E-state index contributed by atoms with van der Waals surface area (Å²) in [6.07, 6.45) is -3.58. The molecular formula is C24H22F3N3O5. The van der Waals surface area contributed by atoms with Crippen molar-refractivity contribution in [1.29, 1.82) is 0 Å². The van der Waals surface area contributed by atoms with Gasteiger partial charge in [-0.25, -0.2) is 4.68 Å². The Bertz CT molecular complexity index is 1280. The Kier molecular flexibility index (Phi) is 7.58. The summed E-state index contributed by atoms with van der Waals surface area (Å²) >= 11 is 0. The normalized spacial score (nSPS) is 11.3. The first-order valence-electron chi connectivity index (χ1n) is 10.6. The summed E-state index contributed by atoms with van der Waals surface area (Å²) in [5.74, 6) is -2.93. The number of aromatic nitrogens is 2. The lowest BCUT2D eigenvalue weighted by Gasteiger charge is -2.13. The lowest BCUT2D eigenvalue weighted by molar-refractivity contribution is -0.137. The molecule has 3 rings (SSSR count). The van der Waals surface area contributed by atoms with Crippen molar-refractivity contribution in [3.63, 3.8) is 0 Å². The monoisotopic (exact) mass is 489 g/mol. The average Bonchev–Trinajstić information content (AvgIpc) is 2.81. The Balaban J connectivity index is 1.89. The minimum Gasteiger partial charge on any atom is -0.505 e. The van der Waals surface area contributed by atoms with Crippen LogP contribution in [0.4, 0.5) is 13.2 Å². The number of carbonyl (C=O) groups is 2. The molecule has 0 unspecified atom stereocenters. The van der Waals surface area contributed by atoms with E-state index in [1.165, 1.54) is 12.1 Å². The molecule has 8 nitrogen and oxygen atoms in total. The van der Waals surface area contributed by atoms with Gasteiger partial charge in [-0.15, -0.1) is 0 Å². The zero-order valence-electron chi connectivity index (χ0n) is 18.6. The van der Waals surface area contributed by atoms with Gasteiger partial charge in [-0.1, -0.05) is 49.7 Å². The number of aryl methyl sites for hydroxylation is 1. The van der Waals surface area contributed by atoms with Gasteiger partial charge in [-0.05, 0) is 35.2 Å². The highest BCUT2D eigenvalue weighted by Gasteiger charge is 2.30. The molecule has 1 amide bonds. The quantitative estimate of drug-likeness (QED) is 0.446. The predicted molar refractivity (Wildman–Crippen MR) is 120 cm³/mol. The topological polar surface area (TPSA) is 122 Å². The van der Waals surface area contributed by atoms with E-state index in [0.717, 1.165) is 16.8 Å². The van der Waals surface area contributed by atoms with E-state index in [1.54, 1.807) is 24.3 Å². The van der Waals surface area contributed by atoms with Gasteiger partial charge in [0.05, 0.1) is 12.1 Å². The van der Waals surface area contributed by atoms with Gasteiger partial charge in [0.2, 0.25) is 0 Å². The molecule has 0 spiro atoms. The predicted octanol–water partition coefficient (Wildman–Crippen LogP) is 3.45. The fourth-order valence-corrected chi connectivity index (χ4v) is 3.40. The van der Waals surface area contributed by atoms with Crippen LogP contribution in [-0.4, -0.2) is 38.4 Å². The van der Waals surface area contributed by atoms with Crippen LogP contribution in [-0.2, 0) is 23.9 Å². The van der Waals surface area contributed by atoms with Crippen molar-refractivity contribution in [2.45, 2.75) is 32.5 Å². The molecule has 3 N–H and O–H groups in total. The fraction of sp³-hybridized carbons (Fsp3) is 0.250. The lowest BCUT2D eigenvalue weighted by atomic mass is 10.0. The second kappa shape index (κ2) is 10.4. The van der Waals surface area contributed by atoms with Crippen LogP contribution in [0.1, 0.15) is 40.5 Å². The molecule has 0 fully saturated rings. The van der Waals surface area contributed by atoms with Gasteiger partial charge in [0, 0.05) is 0 Å². The number of carbonyl (C=O) groups excluding carboxylic acids is 1. The number of rotatable bonds is 8. The van der Waals surface area contributed by atoms with Crippen LogP contribution in [0.3, 0.4) is 0 Å². The average molecular weight is 489 g/mol. The van der Waals surface area contributed by atoms with Crippen molar-refractivity contribution in [2.75, 3.05) is 6.54 Å². The molecule has 11 heteroatoms. The van der Waals surface area contributed by atoms with Crippen molar-refractivity contribution in [2.24, 2.45) is 0 Å². The molecule has 3 aromatic rings. The van der Waals surface area contributed by atoms with Gasteiger partial charge in [-0.3, -0.25) is 14.4 Å². The highest BCUT2D eigenvalue weighted by molar-refractivity contribution is 5.98. The van der Waals surface area contributed by atoms with Crippen molar-refractivity contribution in [3.8, 4) is 16.9 Å². The number of halogens is 3. The third-order valence-corrected chi connectivity index (χ3v) is 5.15. The molecule has 1 heterocycles. The summed E-state index contributed by atoms with van der Waals surface area (Å²) in [4.78, 5) is 36.0. The summed E-state index contributed by atoms with van der Waals surface area (Å²) in [6, 6.07) is 11.4. The van der Waals surface area contributed by atoms with Crippen LogP contribution in [0.15, 0.2) is 53.3 Å². The Labute approximate surface area is 197 Å². The van der Waals surface area contributed by atoms with E-state index >= 15 is 0 Å². The molecule has 0 aliphatic carbocycles. The molecule has 2 aromatic carbocycles. The van der Waals surface area contributed by atoms with E-state index in [1.807, 2.05) is 6.92 Å². The molecule has 0 saturated heterocycles. The molecule has 35 heavy (non-hydrogen) atoms. The van der Waals surface area contributed by atoms with Gasteiger partial charge in [-0.2, -0.15) is 18.3 Å². The summed E-state index contributed by atoms with van der Waals surface area (Å²) < 4.78 is 39.3. The molecule has 0 bridgehead atoms. The Hall–Kier alpha value is -4.15. The van der Waals surface area contributed by atoms with Crippen LogP contribution >= 0.6 is 0 Å². The Morgan fingerprint density at radius 1 is 1.03 bits per heavy atom. The maximum absolute atomic E-state index is 12.9. The number of amides is 1. The number of benzene rings is 2. The number of carboxylic acid groups (broad SMARTS) is 1. The van der Waals surface area contributed by atoms with Gasteiger partial charge in [0.1, 0.15) is 17.8 Å². The zero-order chi connectivity index (χ0) is 25.8. The molecular weight excluding hydrogens is 467 g/mol. The van der Waals surface area contributed by atoms with Crippen molar-refractivity contribution in [3.05, 3.63) is 81.3 Å². The zero-order valence-corrected chi connectivity index (χ0v) is 18.6. The lowest BCUT2D eigenvalue weighted by Crippen LogP contribution is -2.37. The maximum Gasteiger partial charge on any atom is 0.416 e. The maximum atomic E-state index is 12.9. The number of aromatic hydroxyl groups is 1. The van der Waals surface area contributed by atoms with E-state index in [2.05, 4.69) is 10.4 Å². The highest BCUT2D eigenvalue weighted by Crippen LogP contribution is 2.31. The molecule has 0 aliphatic heterocycles. The van der Waals surface area contributed by atoms with Crippen molar-refractivity contribution in [1.82, 2.24) is 15.1 Å². The number of aliphatic carboxylic acids is 1. The largest absolute Gasteiger partial charge is 0.505 e. The van der Waals surface area contributed by atoms with Gasteiger partial charge >= 0.3 is 12.1 Å². The summed E-state index contributed by atoms with van der Waals surface area (Å²) in [6.45, 7) is 1.04. The smallest absolute Gasteiger partial charge is 0.416 e. The van der Waals surface area contributed by atoms with Gasteiger partial charge in [0.15, 0.2) is 5.75 Å². The molecule has 1 aromatic heterocycles. The Morgan fingerprint density at radius 2 is 1.60 bits per heavy atom. The first kappa shape index (κ1) is 25.5. The van der Waals surface area contributed by atoms with Crippen LogP contribution in [0.25, 0.3) is 11.1 Å². The van der Waals surface area contributed by atoms with Crippen LogP contribution < -0.4 is 10.9 Å². The number of nitrogens with one attached hydrogen (secondary N) is 1. The van der Waals surface area contributed by atoms with Crippen LogP contribution in [0, 0.1) is 0 Å². The molecule has 0 radical (unpaired) electrons. The fourth-order valence-electron chi connectivity index (χ4n) is 3.40. The third-order valence-electron chi connectivity index (χ3n) is 5.15. The minimum absolute atomic E-state index is 0.0532. The van der Waals surface area contributed by atoms with E-state index < -0.39 is 47.0 Å². The molecule has 0 saturated carbocycles. The first-order chi connectivity index (χ1) is 16.5. The van der Waals surface area contributed by atoms with E-state index in [0.29, 0.717) is 23.1 Å². The van der Waals surface area contributed by atoms with Crippen LogP contribution in [0.2, 0.25) is 0 Å². The summed E-state index contributed by atoms with van der Waals surface area (Å²) in [7, 11) is 0. The number of carboxylic acids is 1. The highest BCUT2D eigenvalue weighted by atomic mass is 19.4. The van der Waals surface area contributed by atoms with E-state index in [-0.39, 0.29) is 18.7 Å². The molecule has 184 valence electrons. The summed E-state index contributed by atoms with van der Waals surface area (Å²) in [5.41, 5.74) is -0.264. The van der Waals surface area contributed by atoms with Gasteiger partial charge in [0.25, 0.3) is 11.5 Å². The number of alkyl halides is 3. The van der Waals surface area contributed by atoms with Crippen molar-refractivity contribution >= 4 is 11.9 Å². The number of hydrogen-bond donors (Lipinski definition) is 3. The van der Waals surface area contributed by atoms with Crippen molar-refractivity contribution < 1.29 is 33.0 Å².